The van der Waals surface area contributed by atoms with Gasteiger partial charge in [-0.1, -0.05) is 0 Å². The van der Waals surface area contributed by atoms with Gasteiger partial charge in [-0.05, 0) is 37.1 Å². The first-order valence-electron chi connectivity index (χ1n) is 8.76. The lowest BCUT2D eigenvalue weighted by atomic mass is 10.1. The number of nitrogens with zero attached hydrogens (tertiary/aromatic N) is 2. The third kappa shape index (κ3) is 4.60. The number of carbonyl (C=O) groups is 2. The van der Waals surface area contributed by atoms with Crippen LogP contribution < -0.4 is 10.6 Å². The van der Waals surface area contributed by atoms with Crippen LogP contribution in [0.4, 0.5) is 0 Å². The first kappa shape index (κ1) is 21.6. The molecule has 0 radical (unpaired) electrons. The van der Waals surface area contributed by atoms with Crippen molar-refractivity contribution in [3.63, 3.8) is 0 Å². The molecule has 2 aliphatic heterocycles. The van der Waals surface area contributed by atoms with Crippen LogP contribution in [0.2, 0.25) is 0 Å². The molecule has 1 aromatic carbocycles. The van der Waals surface area contributed by atoms with Gasteiger partial charge in [-0.3, -0.25) is 9.59 Å². The fourth-order valence-electron chi connectivity index (χ4n) is 3.47. The zero-order valence-corrected chi connectivity index (χ0v) is 16.8. The molecule has 0 aliphatic carbocycles. The molecule has 150 valence electrons. The molecule has 27 heavy (non-hydrogen) atoms. The quantitative estimate of drug-likeness (QED) is 0.722. The molecule has 0 aromatic heterocycles. The van der Waals surface area contributed by atoms with Crippen molar-refractivity contribution in [3.8, 4) is 0 Å². The molecule has 1 unspecified atom stereocenters. The molecule has 2 aliphatic rings. The smallest absolute Gasteiger partial charge is 0.251 e. The van der Waals surface area contributed by atoms with Crippen molar-refractivity contribution in [2.75, 3.05) is 39.8 Å². The van der Waals surface area contributed by atoms with Gasteiger partial charge in [-0.15, -0.1) is 12.4 Å². The molecule has 10 heteroatoms. The van der Waals surface area contributed by atoms with Crippen LogP contribution in [0, 0.1) is 0 Å². The fourth-order valence-corrected chi connectivity index (χ4v) is 4.99. The first-order valence-corrected chi connectivity index (χ1v) is 10.2. The molecule has 3 rings (SSSR count). The normalized spacial score (nSPS) is 21.4. The van der Waals surface area contributed by atoms with Gasteiger partial charge in [-0.2, -0.15) is 4.31 Å². The summed E-state index contributed by atoms with van der Waals surface area (Å²) in [4.78, 5) is 25.7. The van der Waals surface area contributed by atoms with Gasteiger partial charge < -0.3 is 15.5 Å². The van der Waals surface area contributed by atoms with Crippen LogP contribution in [-0.2, 0) is 14.8 Å². The van der Waals surface area contributed by atoms with Gasteiger partial charge in [0.05, 0.1) is 11.4 Å². The number of benzene rings is 1. The second-order valence-electron chi connectivity index (χ2n) is 6.53. The molecule has 0 bridgehead atoms. The van der Waals surface area contributed by atoms with E-state index in [-0.39, 0.29) is 35.2 Å². The molecule has 8 nitrogen and oxygen atoms in total. The van der Waals surface area contributed by atoms with Crippen molar-refractivity contribution in [2.45, 2.75) is 23.8 Å². The average molecular weight is 417 g/mol. The number of hydrogen-bond acceptors (Lipinski definition) is 5. The largest absolute Gasteiger partial charge is 0.355 e. The predicted octanol–water partition coefficient (Wildman–Crippen LogP) is 0.0529. The van der Waals surface area contributed by atoms with Crippen LogP contribution in [0.25, 0.3) is 0 Å². The van der Waals surface area contributed by atoms with Gasteiger partial charge in [0.2, 0.25) is 15.9 Å². The summed E-state index contributed by atoms with van der Waals surface area (Å²) in [6.07, 6.45) is 1.53. The molecule has 1 atom stereocenters. The monoisotopic (exact) mass is 416 g/mol. The summed E-state index contributed by atoms with van der Waals surface area (Å²) in [5, 5.41) is 5.54. The highest BCUT2D eigenvalue weighted by atomic mass is 35.5. The highest BCUT2D eigenvalue weighted by Gasteiger charge is 2.35. The zero-order valence-electron chi connectivity index (χ0n) is 15.2. The standard InChI is InChI=1S/C17H24N4O4S.ClH/c1-18-17(23)13-4-6-15(7-5-13)26(24,25)20-9-2-3-14(12-20)21-10-8-19-11-16(21)22;/h4-7,14,19H,2-3,8-12H2,1H3,(H,18,23);1H. The molecule has 2 N–H and O–H groups in total. The lowest BCUT2D eigenvalue weighted by molar-refractivity contribution is -0.135. The number of rotatable bonds is 4. The summed E-state index contributed by atoms with van der Waals surface area (Å²) in [5.41, 5.74) is 0.411. The number of amides is 2. The Kier molecular flexibility index (Phi) is 7.21. The Morgan fingerprint density at radius 1 is 1.22 bits per heavy atom. The van der Waals surface area contributed by atoms with Crippen molar-refractivity contribution < 1.29 is 18.0 Å². The van der Waals surface area contributed by atoms with Gasteiger partial charge >= 0.3 is 0 Å². The lowest BCUT2D eigenvalue weighted by Crippen LogP contribution is -2.57. The van der Waals surface area contributed by atoms with Crippen LogP contribution in [0.3, 0.4) is 0 Å². The van der Waals surface area contributed by atoms with E-state index in [9.17, 15) is 18.0 Å². The summed E-state index contributed by atoms with van der Waals surface area (Å²) in [6, 6.07) is 5.84. The first-order chi connectivity index (χ1) is 12.4. The molecule has 0 spiro atoms. The number of sulfonamides is 1. The van der Waals surface area contributed by atoms with Crippen molar-refractivity contribution >= 4 is 34.2 Å². The van der Waals surface area contributed by atoms with Gasteiger partial charge in [-0.25, -0.2) is 8.42 Å². The Bertz CT molecular complexity index is 785. The third-order valence-electron chi connectivity index (χ3n) is 4.91. The number of carbonyl (C=O) groups excluding carboxylic acids is 2. The molecule has 2 saturated heterocycles. The molecule has 2 amide bonds. The van der Waals surface area contributed by atoms with E-state index in [2.05, 4.69) is 10.6 Å². The maximum Gasteiger partial charge on any atom is 0.251 e. The molecular weight excluding hydrogens is 392 g/mol. The Morgan fingerprint density at radius 2 is 1.93 bits per heavy atom. The molecule has 1 aromatic rings. The van der Waals surface area contributed by atoms with Crippen LogP contribution >= 0.6 is 12.4 Å². The van der Waals surface area contributed by atoms with E-state index in [1.54, 1.807) is 4.90 Å². The van der Waals surface area contributed by atoms with Crippen molar-refractivity contribution in [1.82, 2.24) is 19.8 Å². The van der Waals surface area contributed by atoms with Gasteiger partial charge in [0.25, 0.3) is 5.91 Å². The second kappa shape index (κ2) is 9.01. The van der Waals surface area contributed by atoms with Gasteiger partial charge in [0.1, 0.15) is 0 Å². The number of hydrogen-bond donors (Lipinski definition) is 2. The maximum atomic E-state index is 13.0. The highest BCUT2D eigenvalue weighted by molar-refractivity contribution is 7.89. The van der Waals surface area contributed by atoms with E-state index in [0.717, 1.165) is 19.4 Å². The van der Waals surface area contributed by atoms with Crippen molar-refractivity contribution in [2.24, 2.45) is 0 Å². The van der Waals surface area contributed by atoms with Gasteiger partial charge in [0, 0.05) is 44.8 Å². The Balaban J connectivity index is 0.00000261. The van der Waals surface area contributed by atoms with E-state index >= 15 is 0 Å². The molecule has 2 fully saturated rings. The minimum absolute atomic E-state index is 0. The number of piperazine rings is 1. The molecule has 0 saturated carbocycles. The van der Waals surface area contributed by atoms with E-state index in [1.807, 2.05) is 0 Å². The maximum absolute atomic E-state index is 13.0. The zero-order chi connectivity index (χ0) is 18.7. The number of piperidine rings is 1. The average Bonchev–Trinajstić information content (AvgIpc) is 2.68. The summed E-state index contributed by atoms with van der Waals surface area (Å²) in [5.74, 6) is -0.236. The summed E-state index contributed by atoms with van der Waals surface area (Å²) in [7, 11) is -2.13. The molecular formula is C17H25ClN4O4S. The van der Waals surface area contributed by atoms with Crippen molar-refractivity contribution in [3.05, 3.63) is 29.8 Å². The summed E-state index contributed by atoms with van der Waals surface area (Å²) < 4.78 is 27.4. The van der Waals surface area contributed by atoms with Crippen LogP contribution in [-0.4, -0.2) is 75.3 Å². The minimum atomic E-state index is -3.65. The Labute approximate surface area is 165 Å². The van der Waals surface area contributed by atoms with Crippen LogP contribution in [0.5, 0.6) is 0 Å². The van der Waals surface area contributed by atoms with E-state index in [1.165, 1.54) is 35.6 Å². The lowest BCUT2D eigenvalue weighted by Gasteiger charge is -2.40. The van der Waals surface area contributed by atoms with Crippen molar-refractivity contribution in [1.29, 1.82) is 0 Å². The highest BCUT2D eigenvalue weighted by Crippen LogP contribution is 2.24. The van der Waals surface area contributed by atoms with E-state index in [4.69, 9.17) is 0 Å². The second-order valence-corrected chi connectivity index (χ2v) is 8.46. The van der Waals surface area contributed by atoms with E-state index in [0.29, 0.717) is 31.7 Å². The van der Waals surface area contributed by atoms with E-state index < -0.39 is 10.0 Å². The van der Waals surface area contributed by atoms with Gasteiger partial charge in [0.15, 0.2) is 0 Å². The SMILES string of the molecule is CNC(=O)c1ccc(S(=O)(=O)N2CCCC(N3CCNCC3=O)C2)cc1.Cl. The topological polar surface area (TPSA) is 98.8 Å². The fraction of sp³-hybridized carbons (Fsp3) is 0.529. The number of nitrogens with one attached hydrogen (secondary N) is 2. The van der Waals surface area contributed by atoms with Crippen LogP contribution in [0.15, 0.2) is 29.2 Å². The molecule has 2 heterocycles. The Morgan fingerprint density at radius 3 is 2.56 bits per heavy atom. The number of halogens is 1. The Hall–Kier alpha value is -1.68. The van der Waals surface area contributed by atoms with Crippen LogP contribution in [0.1, 0.15) is 23.2 Å². The predicted molar refractivity (Wildman–Crippen MR) is 103 cm³/mol. The summed E-state index contributed by atoms with van der Waals surface area (Å²) >= 11 is 0. The summed E-state index contributed by atoms with van der Waals surface area (Å²) in [6.45, 7) is 2.40. The minimum Gasteiger partial charge on any atom is -0.355 e. The third-order valence-corrected chi connectivity index (χ3v) is 6.79.